The highest BCUT2D eigenvalue weighted by molar-refractivity contribution is 5.16. The zero-order valence-electron chi connectivity index (χ0n) is 21.8. The maximum absolute atomic E-state index is 10.0. The molecular formula is C18H25N3. The summed E-state index contributed by atoms with van der Waals surface area (Å²) in [4.78, 5) is 2.36. The van der Waals surface area contributed by atoms with Crippen molar-refractivity contribution in [2.24, 2.45) is 0 Å². The molecule has 0 spiro atoms. The highest BCUT2D eigenvalue weighted by Crippen LogP contribution is 2.31. The van der Waals surface area contributed by atoms with E-state index in [4.69, 9.17) is 13.7 Å². The molecule has 0 radical (unpaired) electrons. The molecule has 0 saturated carbocycles. The molecule has 1 aromatic carbocycles. The van der Waals surface area contributed by atoms with Crippen LogP contribution in [0.5, 0.6) is 0 Å². The third kappa shape index (κ3) is 3.28. The molecule has 2 aliphatic rings. The average molecular weight is 293 g/mol. The molecule has 2 heterocycles. The molecule has 0 unspecified atom stereocenters. The number of benzene rings is 1. The SMILES string of the molecule is [2H]C1([2H])N(C2(C#N)CCN(Cc3ccccc3)CC2)C([2H])([2H])C([2H])([2H])C([2H])([2H])C1([2H])[2H]. The van der Waals surface area contributed by atoms with Gasteiger partial charge in [-0.2, -0.15) is 5.26 Å². The maximum atomic E-state index is 10.0. The van der Waals surface area contributed by atoms with Crippen molar-refractivity contribution in [2.75, 3.05) is 26.1 Å². The van der Waals surface area contributed by atoms with E-state index in [9.17, 15) is 5.26 Å². The molecule has 0 atom stereocenters. The zero-order valence-corrected chi connectivity index (χ0v) is 11.8. The molecule has 2 fully saturated rings. The van der Waals surface area contributed by atoms with E-state index in [1.807, 2.05) is 41.3 Å². The number of hydrogen-bond donors (Lipinski definition) is 0. The van der Waals surface area contributed by atoms with Crippen molar-refractivity contribution in [3.8, 4) is 6.07 Å². The molecule has 3 rings (SSSR count). The average Bonchev–Trinajstić information content (AvgIpc) is 2.68. The van der Waals surface area contributed by atoms with E-state index in [0.29, 0.717) is 24.5 Å². The van der Waals surface area contributed by atoms with Crippen LogP contribution in [0.15, 0.2) is 30.3 Å². The van der Waals surface area contributed by atoms with Crippen molar-refractivity contribution in [1.29, 1.82) is 5.26 Å². The quantitative estimate of drug-likeness (QED) is 0.858. The minimum absolute atomic E-state index is 0.0372. The van der Waals surface area contributed by atoms with E-state index in [2.05, 4.69) is 0 Å². The van der Waals surface area contributed by atoms with E-state index in [1.54, 1.807) is 0 Å². The first-order valence-electron chi connectivity index (χ1n) is 12.1. The lowest BCUT2D eigenvalue weighted by atomic mass is 9.85. The number of hydrogen-bond acceptors (Lipinski definition) is 3. The molecule has 0 amide bonds. The summed E-state index contributed by atoms with van der Waals surface area (Å²) < 4.78 is 81.8. The Bertz CT molecular complexity index is 827. The lowest BCUT2D eigenvalue weighted by Gasteiger charge is -2.46. The summed E-state index contributed by atoms with van der Waals surface area (Å²) in [7, 11) is 0. The Morgan fingerprint density at radius 1 is 1.10 bits per heavy atom. The molecule has 0 aromatic heterocycles. The monoisotopic (exact) mass is 293 g/mol. The first-order valence-corrected chi connectivity index (χ1v) is 7.06. The largest absolute Gasteiger partial charge is 0.299 e. The third-order valence-electron chi connectivity index (χ3n) is 4.03. The van der Waals surface area contributed by atoms with E-state index in [1.165, 1.54) is 0 Å². The van der Waals surface area contributed by atoms with Gasteiger partial charge in [0.25, 0.3) is 0 Å². The van der Waals surface area contributed by atoms with Gasteiger partial charge in [0.15, 0.2) is 0 Å². The molecule has 21 heavy (non-hydrogen) atoms. The summed E-state index contributed by atoms with van der Waals surface area (Å²) in [6.45, 7) is -5.38. The summed E-state index contributed by atoms with van der Waals surface area (Å²) in [6, 6.07) is 11.5. The van der Waals surface area contributed by atoms with Crippen molar-refractivity contribution in [3.63, 3.8) is 0 Å². The van der Waals surface area contributed by atoms with E-state index < -0.39 is 37.7 Å². The first-order chi connectivity index (χ1) is 14.1. The molecule has 112 valence electrons. The predicted octanol–water partition coefficient (Wildman–Crippen LogP) is 3.03. The van der Waals surface area contributed by atoms with Crippen molar-refractivity contribution in [3.05, 3.63) is 35.9 Å². The number of piperidine rings is 2. The van der Waals surface area contributed by atoms with Gasteiger partial charge in [0.1, 0.15) is 5.54 Å². The summed E-state index contributed by atoms with van der Waals surface area (Å²) in [5.74, 6) is 0. The van der Waals surface area contributed by atoms with Crippen molar-refractivity contribution >= 4 is 0 Å². The Kier molecular flexibility index (Phi) is 2.14. The summed E-state index contributed by atoms with van der Waals surface area (Å²) in [5, 5.41) is 10.0. The zero-order chi connectivity index (χ0) is 23.5. The molecule has 2 aliphatic heterocycles. The van der Waals surface area contributed by atoms with Gasteiger partial charge in [-0.15, -0.1) is 0 Å². The van der Waals surface area contributed by atoms with Crippen LogP contribution in [0.25, 0.3) is 0 Å². The lowest BCUT2D eigenvalue weighted by Crippen LogP contribution is -2.55. The lowest BCUT2D eigenvalue weighted by molar-refractivity contribution is 0.0443. The van der Waals surface area contributed by atoms with E-state index >= 15 is 0 Å². The summed E-state index contributed by atoms with van der Waals surface area (Å²) >= 11 is 0. The fraction of sp³-hybridized carbons (Fsp3) is 0.611. The topological polar surface area (TPSA) is 30.3 Å². The van der Waals surface area contributed by atoms with Crippen LogP contribution in [-0.4, -0.2) is 41.4 Å². The molecule has 0 N–H and O–H groups in total. The van der Waals surface area contributed by atoms with Crippen LogP contribution in [0.3, 0.4) is 0 Å². The second kappa shape index (κ2) is 6.60. The molecular weight excluding hydrogens is 258 g/mol. The van der Waals surface area contributed by atoms with Crippen molar-refractivity contribution < 1.29 is 13.7 Å². The van der Waals surface area contributed by atoms with Gasteiger partial charge in [-0.25, -0.2) is 0 Å². The summed E-state index contributed by atoms with van der Waals surface area (Å²) in [5.41, 5.74) is -0.798. The van der Waals surface area contributed by atoms with Gasteiger partial charge in [0, 0.05) is 33.3 Å². The highest BCUT2D eigenvalue weighted by Gasteiger charge is 2.40. The molecule has 0 aliphatic carbocycles. The number of nitriles is 1. The molecule has 1 aromatic rings. The molecule has 2 saturated heterocycles. The standard InChI is InChI=1S/C18H25N3/c19-16-18(21-11-5-2-6-12-21)9-13-20(14-10-18)15-17-7-3-1-4-8-17/h1,3-4,7-8H,2,5-6,9-15H2/i2D2,5D2,6D2,11D2,12D2. The van der Waals surface area contributed by atoms with Gasteiger partial charge in [-0.3, -0.25) is 9.80 Å². The van der Waals surface area contributed by atoms with Crippen LogP contribution in [0.1, 0.15) is 51.2 Å². The molecule has 0 bridgehead atoms. The summed E-state index contributed by atoms with van der Waals surface area (Å²) in [6.07, 6.45) is -10.4. The van der Waals surface area contributed by atoms with Gasteiger partial charge >= 0.3 is 0 Å². The van der Waals surface area contributed by atoms with Crippen LogP contribution in [-0.2, 0) is 6.54 Å². The second-order valence-electron chi connectivity index (χ2n) is 5.34. The van der Waals surface area contributed by atoms with Crippen LogP contribution < -0.4 is 0 Å². The van der Waals surface area contributed by atoms with Gasteiger partial charge in [-0.1, -0.05) is 36.7 Å². The fourth-order valence-corrected chi connectivity index (χ4v) is 2.75. The van der Waals surface area contributed by atoms with Crippen LogP contribution in [0.2, 0.25) is 0 Å². The normalized spacial score (nSPS) is 42.6. The fourth-order valence-electron chi connectivity index (χ4n) is 2.75. The Hall–Kier alpha value is -1.37. The number of rotatable bonds is 3. The Balaban J connectivity index is 1.98. The van der Waals surface area contributed by atoms with E-state index in [-0.39, 0.29) is 12.8 Å². The minimum Gasteiger partial charge on any atom is -0.299 e. The number of likely N-dealkylation sites (tertiary alicyclic amines) is 2. The van der Waals surface area contributed by atoms with Gasteiger partial charge < -0.3 is 0 Å². The minimum atomic E-state index is -3.48. The highest BCUT2D eigenvalue weighted by atomic mass is 15.2. The van der Waals surface area contributed by atoms with Gasteiger partial charge in [0.2, 0.25) is 0 Å². The maximum Gasteiger partial charge on any atom is 0.111 e. The van der Waals surface area contributed by atoms with Crippen LogP contribution >= 0.6 is 0 Å². The smallest absolute Gasteiger partial charge is 0.111 e. The molecule has 3 heteroatoms. The number of nitrogens with zero attached hydrogens (tertiary/aromatic N) is 3. The van der Waals surface area contributed by atoms with Crippen LogP contribution in [0.4, 0.5) is 0 Å². The van der Waals surface area contributed by atoms with Gasteiger partial charge in [0.05, 0.1) is 6.07 Å². The Labute approximate surface area is 142 Å². The second-order valence-corrected chi connectivity index (χ2v) is 5.34. The Morgan fingerprint density at radius 2 is 1.76 bits per heavy atom. The first kappa shape index (κ1) is 6.81. The Morgan fingerprint density at radius 3 is 2.38 bits per heavy atom. The van der Waals surface area contributed by atoms with Crippen molar-refractivity contribution in [1.82, 2.24) is 9.80 Å². The predicted molar refractivity (Wildman–Crippen MR) is 84.7 cm³/mol. The third-order valence-corrected chi connectivity index (χ3v) is 4.03. The van der Waals surface area contributed by atoms with Crippen LogP contribution in [0, 0.1) is 11.3 Å². The van der Waals surface area contributed by atoms with Crippen molar-refractivity contribution in [2.45, 2.75) is 44.0 Å². The van der Waals surface area contributed by atoms with E-state index in [0.717, 1.165) is 5.56 Å². The van der Waals surface area contributed by atoms with Gasteiger partial charge in [-0.05, 0) is 44.1 Å². The molecule has 3 nitrogen and oxygen atoms in total.